The Morgan fingerprint density at radius 2 is 0.725 bits per heavy atom. The van der Waals surface area contributed by atoms with Crippen LogP contribution in [0.2, 0.25) is 0 Å². The van der Waals surface area contributed by atoms with Crippen LogP contribution in [-0.2, 0) is 9.59 Å². The molecule has 0 radical (unpaired) electrons. The summed E-state index contributed by atoms with van der Waals surface area (Å²) in [4.78, 5) is 26.1. The lowest BCUT2D eigenvalue weighted by Gasteiger charge is -2.20. The van der Waals surface area contributed by atoms with E-state index in [1.165, 1.54) is 0 Å². The van der Waals surface area contributed by atoms with Crippen molar-refractivity contribution < 1.29 is 9.59 Å². The van der Waals surface area contributed by atoms with Crippen LogP contribution in [0.5, 0.6) is 0 Å². The number of Topliss-reactive ketones (excluding diaryl/α,β-unsaturated/α-hetero) is 2. The van der Waals surface area contributed by atoms with Crippen LogP contribution in [-0.4, -0.2) is 11.6 Å². The SMILES string of the molecule is O=C1C(Cl)=C(Nc2ccc(C#Cc3ccccc3)cc2)C(=O)C(Cl)=C1Nc1ccc(C#Cc2ccccc2)cc1. The van der Waals surface area contributed by atoms with Gasteiger partial charge in [0.15, 0.2) is 0 Å². The molecule has 6 heteroatoms. The molecular weight excluding hydrogens is 539 g/mol. The average Bonchev–Trinajstić information content (AvgIpc) is 3.00. The van der Waals surface area contributed by atoms with Gasteiger partial charge in [-0.05, 0) is 72.8 Å². The molecular formula is C34H20Cl2N2O2. The highest BCUT2D eigenvalue weighted by Crippen LogP contribution is 2.31. The molecule has 0 amide bonds. The summed E-state index contributed by atoms with van der Waals surface area (Å²) in [6.45, 7) is 0. The molecule has 4 nitrogen and oxygen atoms in total. The monoisotopic (exact) mass is 558 g/mol. The van der Waals surface area contributed by atoms with E-state index in [-0.39, 0.29) is 21.5 Å². The molecule has 192 valence electrons. The molecule has 0 fully saturated rings. The van der Waals surface area contributed by atoms with Crippen molar-refractivity contribution in [3.63, 3.8) is 0 Å². The highest BCUT2D eigenvalue weighted by atomic mass is 35.5. The van der Waals surface area contributed by atoms with Gasteiger partial charge in [0.2, 0.25) is 11.6 Å². The standard InChI is InChI=1S/C34H20Cl2N2O2/c35-29-31(37-27-19-15-25(16-20-27)13-11-23-7-3-1-4-8-23)33(39)30(36)32(34(29)40)38-28-21-17-26(18-22-28)14-12-24-9-5-2-6-10-24/h1-10,15-22,37-38H. The molecule has 0 spiro atoms. The van der Waals surface area contributed by atoms with E-state index in [0.29, 0.717) is 11.4 Å². The number of rotatable bonds is 4. The molecule has 40 heavy (non-hydrogen) atoms. The minimum absolute atomic E-state index is 0.0862. The third-order valence-electron chi connectivity index (χ3n) is 5.85. The summed E-state index contributed by atoms with van der Waals surface area (Å²) in [5.41, 5.74) is 4.36. The van der Waals surface area contributed by atoms with Gasteiger partial charge in [-0.15, -0.1) is 0 Å². The van der Waals surface area contributed by atoms with E-state index in [9.17, 15) is 9.59 Å². The number of hydrogen-bond acceptors (Lipinski definition) is 4. The molecule has 4 aromatic rings. The molecule has 0 aliphatic heterocycles. The van der Waals surface area contributed by atoms with Crippen molar-refractivity contribution >= 4 is 46.1 Å². The van der Waals surface area contributed by atoms with Gasteiger partial charge in [0.1, 0.15) is 21.5 Å². The summed E-state index contributed by atoms with van der Waals surface area (Å²) in [5, 5.41) is 5.35. The van der Waals surface area contributed by atoms with E-state index in [2.05, 4.69) is 34.3 Å². The number of hydrogen-bond donors (Lipinski definition) is 2. The van der Waals surface area contributed by atoms with E-state index in [1.54, 1.807) is 48.5 Å². The second-order valence-corrected chi connectivity index (χ2v) is 9.43. The van der Waals surface area contributed by atoms with Gasteiger partial charge in [-0.25, -0.2) is 0 Å². The Bertz CT molecular complexity index is 1630. The van der Waals surface area contributed by atoms with Gasteiger partial charge in [0.05, 0.1) is 0 Å². The lowest BCUT2D eigenvalue weighted by atomic mass is 10.0. The maximum atomic E-state index is 13.1. The molecule has 5 rings (SSSR count). The molecule has 1 aliphatic carbocycles. The summed E-state index contributed by atoms with van der Waals surface area (Å²) < 4.78 is 0. The maximum absolute atomic E-state index is 13.1. The second-order valence-electron chi connectivity index (χ2n) is 8.67. The molecule has 0 saturated carbocycles. The van der Waals surface area contributed by atoms with Gasteiger partial charge in [-0.1, -0.05) is 83.3 Å². The molecule has 0 atom stereocenters. The summed E-state index contributed by atoms with van der Waals surface area (Å²) in [7, 11) is 0. The van der Waals surface area contributed by atoms with E-state index in [4.69, 9.17) is 23.2 Å². The van der Waals surface area contributed by atoms with E-state index in [1.807, 2.05) is 60.7 Å². The number of carbonyl (C=O) groups excluding carboxylic acids is 2. The minimum atomic E-state index is -0.591. The molecule has 0 aromatic heterocycles. The minimum Gasteiger partial charge on any atom is -0.351 e. The quantitative estimate of drug-likeness (QED) is 0.208. The van der Waals surface area contributed by atoms with Gasteiger partial charge in [0, 0.05) is 33.6 Å². The lowest BCUT2D eigenvalue weighted by Crippen LogP contribution is -2.27. The summed E-state index contributed by atoms with van der Waals surface area (Å²) in [6, 6.07) is 33.5. The number of benzene rings is 4. The van der Waals surface area contributed by atoms with Crippen molar-refractivity contribution in [2.75, 3.05) is 10.6 Å². The fourth-order valence-corrected chi connectivity index (χ4v) is 4.22. The van der Waals surface area contributed by atoms with Crippen LogP contribution in [0.1, 0.15) is 22.3 Å². The zero-order chi connectivity index (χ0) is 27.9. The second kappa shape index (κ2) is 12.2. The smallest absolute Gasteiger partial charge is 0.224 e. The first-order valence-corrected chi connectivity index (χ1v) is 13.0. The zero-order valence-electron chi connectivity index (χ0n) is 21.0. The molecule has 2 N–H and O–H groups in total. The molecule has 0 saturated heterocycles. The first-order chi connectivity index (χ1) is 19.5. The predicted octanol–water partition coefficient (Wildman–Crippen LogP) is 7.06. The molecule has 4 aromatic carbocycles. The van der Waals surface area contributed by atoms with Crippen LogP contribution in [0, 0.1) is 23.7 Å². The molecule has 1 aliphatic rings. The average molecular weight is 559 g/mol. The van der Waals surface area contributed by atoms with Crippen molar-refractivity contribution in [2.24, 2.45) is 0 Å². The zero-order valence-corrected chi connectivity index (χ0v) is 22.5. The summed E-state index contributed by atoms with van der Waals surface area (Å²) >= 11 is 12.7. The Morgan fingerprint density at radius 3 is 1.05 bits per heavy atom. The third-order valence-corrected chi connectivity index (χ3v) is 6.57. The number of anilines is 2. The number of halogens is 2. The number of nitrogens with one attached hydrogen (secondary N) is 2. The molecule has 0 bridgehead atoms. The Hall–Kier alpha value is -5.00. The van der Waals surface area contributed by atoms with Gasteiger partial charge >= 0.3 is 0 Å². The van der Waals surface area contributed by atoms with Crippen molar-refractivity contribution in [1.82, 2.24) is 0 Å². The van der Waals surface area contributed by atoms with Crippen molar-refractivity contribution in [3.05, 3.63) is 153 Å². The van der Waals surface area contributed by atoms with Crippen LogP contribution in [0.25, 0.3) is 0 Å². The topological polar surface area (TPSA) is 58.2 Å². The largest absolute Gasteiger partial charge is 0.351 e. The Balaban J connectivity index is 1.27. The van der Waals surface area contributed by atoms with Crippen LogP contribution in [0.3, 0.4) is 0 Å². The first-order valence-electron chi connectivity index (χ1n) is 12.3. The van der Waals surface area contributed by atoms with Gasteiger partial charge < -0.3 is 10.6 Å². The Kier molecular flexibility index (Phi) is 8.14. The summed E-state index contributed by atoms with van der Waals surface area (Å²) in [6.07, 6.45) is 0. The van der Waals surface area contributed by atoms with Gasteiger partial charge in [-0.2, -0.15) is 0 Å². The Labute approximate surface area is 242 Å². The van der Waals surface area contributed by atoms with E-state index >= 15 is 0 Å². The van der Waals surface area contributed by atoms with Crippen LogP contribution >= 0.6 is 23.2 Å². The van der Waals surface area contributed by atoms with Crippen molar-refractivity contribution in [3.8, 4) is 23.7 Å². The fraction of sp³-hybridized carbons (Fsp3) is 0. The highest BCUT2D eigenvalue weighted by Gasteiger charge is 2.33. The summed E-state index contributed by atoms with van der Waals surface area (Å²) in [5.74, 6) is 11.2. The van der Waals surface area contributed by atoms with Crippen molar-refractivity contribution in [1.29, 1.82) is 0 Å². The number of ketones is 2. The lowest BCUT2D eigenvalue weighted by molar-refractivity contribution is -0.115. The van der Waals surface area contributed by atoms with Crippen LogP contribution < -0.4 is 10.6 Å². The number of allylic oxidation sites excluding steroid dienone is 2. The Morgan fingerprint density at radius 1 is 0.425 bits per heavy atom. The van der Waals surface area contributed by atoms with E-state index in [0.717, 1.165) is 22.3 Å². The van der Waals surface area contributed by atoms with Crippen LogP contribution in [0.4, 0.5) is 11.4 Å². The van der Waals surface area contributed by atoms with E-state index < -0.39 is 11.6 Å². The maximum Gasteiger partial charge on any atom is 0.224 e. The van der Waals surface area contributed by atoms with Gasteiger partial charge in [-0.3, -0.25) is 9.59 Å². The molecule has 0 unspecified atom stereocenters. The normalized spacial score (nSPS) is 12.8. The fourth-order valence-electron chi connectivity index (χ4n) is 3.76. The van der Waals surface area contributed by atoms with Gasteiger partial charge in [0.25, 0.3) is 0 Å². The third kappa shape index (κ3) is 6.34. The van der Waals surface area contributed by atoms with Crippen LogP contribution in [0.15, 0.2) is 131 Å². The van der Waals surface area contributed by atoms with Crippen molar-refractivity contribution in [2.45, 2.75) is 0 Å². The first kappa shape index (κ1) is 26.6. The highest BCUT2D eigenvalue weighted by molar-refractivity contribution is 6.56. The number of carbonyl (C=O) groups is 2. The predicted molar refractivity (Wildman–Crippen MR) is 161 cm³/mol. The molecule has 0 heterocycles.